The number of nitrogens with two attached hydrogens (primary N) is 1. The third-order valence-electron chi connectivity index (χ3n) is 3.24. The first-order chi connectivity index (χ1) is 8.31. The number of aromatic nitrogens is 1. The Kier molecular flexibility index (Phi) is 4.48. The van der Waals surface area contributed by atoms with Crippen molar-refractivity contribution in [1.82, 2.24) is 9.88 Å². The number of hydrogen-bond acceptors (Lipinski definition) is 4. The highest BCUT2D eigenvalue weighted by Crippen LogP contribution is 2.21. The lowest BCUT2D eigenvalue weighted by Gasteiger charge is -2.30. The second-order valence-corrected chi connectivity index (χ2v) is 4.56. The molecule has 1 aliphatic rings. The molecule has 94 valence electrons. The zero-order valence-corrected chi connectivity index (χ0v) is 10.4. The van der Waals surface area contributed by atoms with E-state index in [0.717, 1.165) is 26.1 Å². The molecule has 1 fully saturated rings. The van der Waals surface area contributed by atoms with Crippen molar-refractivity contribution >= 4 is 0 Å². The molecule has 1 aromatic rings. The Morgan fingerprint density at radius 3 is 3.00 bits per heavy atom. The monoisotopic (exact) mass is 235 g/mol. The molecule has 0 aromatic carbocycles. The average Bonchev–Trinajstić information content (AvgIpc) is 2.56. The van der Waals surface area contributed by atoms with Gasteiger partial charge >= 0.3 is 0 Å². The molecule has 2 unspecified atom stereocenters. The minimum Gasteiger partial charge on any atom is -0.377 e. The van der Waals surface area contributed by atoms with Crippen molar-refractivity contribution in [3.05, 3.63) is 30.1 Å². The topological polar surface area (TPSA) is 51.4 Å². The van der Waals surface area contributed by atoms with Crippen LogP contribution in [0.15, 0.2) is 24.5 Å². The summed E-state index contributed by atoms with van der Waals surface area (Å²) in [6, 6.07) is 4.38. The van der Waals surface area contributed by atoms with Crippen LogP contribution in [0.2, 0.25) is 0 Å². The van der Waals surface area contributed by atoms with E-state index in [0.29, 0.717) is 6.54 Å². The van der Waals surface area contributed by atoms with Crippen LogP contribution in [0.25, 0.3) is 0 Å². The molecule has 2 atom stereocenters. The Morgan fingerprint density at radius 2 is 2.29 bits per heavy atom. The van der Waals surface area contributed by atoms with E-state index in [4.69, 9.17) is 10.5 Å². The molecule has 2 N–H and O–H groups in total. The Hall–Kier alpha value is -0.970. The molecule has 2 rings (SSSR count). The van der Waals surface area contributed by atoms with Gasteiger partial charge in [-0.3, -0.25) is 9.88 Å². The molecule has 1 aliphatic heterocycles. The molecular weight excluding hydrogens is 214 g/mol. The number of hydrogen-bond donors (Lipinski definition) is 1. The van der Waals surface area contributed by atoms with Gasteiger partial charge in [0.1, 0.15) is 0 Å². The lowest BCUT2D eigenvalue weighted by Crippen LogP contribution is -2.37. The maximum Gasteiger partial charge on any atom is 0.0674 e. The molecule has 0 aliphatic carbocycles. The van der Waals surface area contributed by atoms with Gasteiger partial charge in [0.05, 0.1) is 6.10 Å². The third-order valence-corrected chi connectivity index (χ3v) is 3.24. The molecule has 1 aromatic heterocycles. The normalized spacial score (nSPS) is 24.2. The van der Waals surface area contributed by atoms with E-state index < -0.39 is 0 Å². The molecular formula is C13H21N3O. The van der Waals surface area contributed by atoms with Crippen LogP contribution in [0.3, 0.4) is 0 Å². The Morgan fingerprint density at radius 1 is 1.53 bits per heavy atom. The van der Waals surface area contributed by atoms with Gasteiger partial charge in [0.15, 0.2) is 0 Å². The Balaban J connectivity index is 2.11. The highest BCUT2D eigenvalue weighted by Gasteiger charge is 2.23. The first-order valence-electron chi connectivity index (χ1n) is 6.27. The highest BCUT2D eigenvalue weighted by atomic mass is 16.5. The van der Waals surface area contributed by atoms with E-state index in [9.17, 15) is 0 Å². The Bertz CT molecular complexity index is 331. The summed E-state index contributed by atoms with van der Waals surface area (Å²) < 4.78 is 5.67. The predicted octanol–water partition coefficient (Wildman–Crippen LogP) is 1.19. The van der Waals surface area contributed by atoms with Gasteiger partial charge in [0.25, 0.3) is 0 Å². The zero-order chi connectivity index (χ0) is 12.1. The number of rotatable bonds is 3. The largest absolute Gasteiger partial charge is 0.377 e. The summed E-state index contributed by atoms with van der Waals surface area (Å²) in [4.78, 5) is 6.48. The average molecular weight is 235 g/mol. The molecule has 4 heteroatoms. The maximum atomic E-state index is 5.93. The molecule has 0 radical (unpaired) electrons. The van der Waals surface area contributed by atoms with Gasteiger partial charge in [0.2, 0.25) is 0 Å². The fraction of sp³-hybridized carbons (Fsp3) is 0.615. The molecule has 0 bridgehead atoms. The summed E-state index contributed by atoms with van der Waals surface area (Å²) in [6.07, 6.45) is 5.02. The number of ether oxygens (including phenoxy) is 1. The van der Waals surface area contributed by atoms with E-state index in [1.54, 1.807) is 0 Å². The van der Waals surface area contributed by atoms with Crippen LogP contribution in [-0.4, -0.2) is 42.2 Å². The van der Waals surface area contributed by atoms with Gasteiger partial charge in [-0.2, -0.15) is 0 Å². The van der Waals surface area contributed by atoms with Crippen LogP contribution in [-0.2, 0) is 4.74 Å². The molecule has 17 heavy (non-hydrogen) atoms. The van der Waals surface area contributed by atoms with E-state index in [-0.39, 0.29) is 12.1 Å². The van der Waals surface area contributed by atoms with Crippen molar-refractivity contribution in [3.8, 4) is 0 Å². The molecule has 0 amide bonds. The summed E-state index contributed by atoms with van der Waals surface area (Å²) in [5.74, 6) is 0. The van der Waals surface area contributed by atoms with Crippen LogP contribution in [0.4, 0.5) is 0 Å². The van der Waals surface area contributed by atoms with Crippen LogP contribution in [0, 0.1) is 0 Å². The van der Waals surface area contributed by atoms with Crippen LogP contribution in [0.1, 0.15) is 24.9 Å². The van der Waals surface area contributed by atoms with Gasteiger partial charge in [-0.05, 0) is 31.0 Å². The molecule has 0 saturated carbocycles. The van der Waals surface area contributed by atoms with Crippen molar-refractivity contribution < 1.29 is 4.74 Å². The van der Waals surface area contributed by atoms with Crippen LogP contribution >= 0.6 is 0 Å². The summed E-state index contributed by atoms with van der Waals surface area (Å²) >= 11 is 0. The summed E-state index contributed by atoms with van der Waals surface area (Å²) in [5.41, 5.74) is 7.18. The number of pyridine rings is 1. The van der Waals surface area contributed by atoms with Gasteiger partial charge in [-0.1, -0.05) is 0 Å². The second kappa shape index (κ2) is 6.10. The van der Waals surface area contributed by atoms with Gasteiger partial charge in [-0.15, -0.1) is 0 Å². The van der Waals surface area contributed by atoms with E-state index in [1.165, 1.54) is 5.56 Å². The van der Waals surface area contributed by atoms with E-state index in [2.05, 4.69) is 16.8 Å². The standard InChI is InChI=1S/C13H21N3O/c1-11-10-16(7-2-8-17-11)13(9-14)12-3-5-15-6-4-12/h3-6,11,13H,2,7-10,14H2,1H3. The smallest absolute Gasteiger partial charge is 0.0674 e. The predicted molar refractivity (Wildman–Crippen MR) is 67.6 cm³/mol. The van der Waals surface area contributed by atoms with Crippen molar-refractivity contribution in [2.75, 3.05) is 26.2 Å². The van der Waals surface area contributed by atoms with E-state index >= 15 is 0 Å². The minimum absolute atomic E-state index is 0.280. The zero-order valence-electron chi connectivity index (χ0n) is 10.4. The summed E-state index contributed by atoms with van der Waals surface area (Å²) in [7, 11) is 0. The van der Waals surface area contributed by atoms with Gasteiger partial charge < -0.3 is 10.5 Å². The van der Waals surface area contributed by atoms with Gasteiger partial charge in [-0.25, -0.2) is 0 Å². The molecule has 1 saturated heterocycles. The fourth-order valence-electron chi connectivity index (χ4n) is 2.39. The first-order valence-corrected chi connectivity index (χ1v) is 6.27. The lowest BCUT2D eigenvalue weighted by atomic mass is 10.1. The quantitative estimate of drug-likeness (QED) is 0.855. The van der Waals surface area contributed by atoms with Gasteiger partial charge in [0, 0.05) is 44.7 Å². The molecule has 4 nitrogen and oxygen atoms in total. The minimum atomic E-state index is 0.280. The second-order valence-electron chi connectivity index (χ2n) is 4.56. The van der Waals surface area contributed by atoms with Crippen molar-refractivity contribution in [1.29, 1.82) is 0 Å². The SMILES string of the molecule is CC1CN(C(CN)c2ccncc2)CCCO1. The third kappa shape index (κ3) is 3.25. The summed E-state index contributed by atoms with van der Waals surface area (Å²) in [5, 5.41) is 0. The van der Waals surface area contributed by atoms with E-state index in [1.807, 2.05) is 24.5 Å². The first kappa shape index (κ1) is 12.5. The Labute approximate surface area is 103 Å². The van der Waals surface area contributed by atoms with Crippen molar-refractivity contribution in [2.24, 2.45) is 5.73 Å². The summed E-state index contributed by atoms with van der Waals surface area (Å²) in [6.45, 7) is 5.61. The van der Waals surface area contributed by atoms with Crippen molar-refractivity contribution in [3.63, 3.8) is 0 Å². The highest BCUT2D eigenvalue weighted by molar-refractivity contribution is 5.15. The maximum absolute atomic E-state index is 5.93. The number of nitrogens with zero attached hydrogens (tertiary/aromatic N) is 2. The molecule has 0 spiro atoms. The molecule has 2 heterocycles. The fourth-order valence-corrected chi connectivity index (χ4v) is 2.39. The van der Waals surface area contributed by atoms with Crippen LogP contribution in [0.5, 0.6) is 0 Å². The van der Waals surface area contributed by atoms with Crippen molar-refractivity contribution in [2.45, 2.75) is 25.5 Å². The lowest BCUT2D eigenvalue weighted by molar-refractivity contribution is 0.0612. The van der Waals surface area contributed by atoms with Crippen LogP contribution < -0.4 is 5.73 Å².